The molecule has 0 saturated heterocycles. The van der Waals surface area contributed by atoms with E-state index in [-0.39, 0.29) is 29.2 Å². The minimum atomic E-state index is -0.633. The Morgan fingerprint density at radius 3 is 2.34 bits per heavy atom. The third-order valence-corrected chi connectivity index (χ3v) is 5.10. The number of carbonyl (C=O) groups is 4. The van der Waals surface area contributed by atoms with E-state index >= 15 is 0 Å². The zero-order valence-corrected chi connectivity index (χ0v) is 17.6. The van der Waals surface area contributed by atoms with Crippen LogP contribution >= 0.6 is 0 Å². The number of carbonyl (C=O) groups excluding carboxylic acids is 4. The molecular weight excluding hydrogens is 414 g/mol. The van der Waals surface area contributed by atoms with Crippen molar-refractivity contribution in [2.24, 2.45) is 0 Å². The molecule has 32 heavy (non-hydrogen) atoms. The van der Waals surface area contributed by atoms with Crippen LogP contribution < -0.4 is 10.2 Å². The first-order chi connectivity index (χ1) is 15.3. The first-order valence-electron chi connectivity index (χ1n) is 9.75. The number of hydrogen-bond donors (Lipinski definition) is 1. The number of rotatable bonds is 5. The Hall–Kier alpha value is -4.27. The summed E-state index contributed by atoms with van der Waals surface area (Å²) in [5, 5.41) is 6.44. The van der Waals surface area contributed by atoms with E-state index in [0.717, 1.165) is 4.90 Å². The second-order valence-corrected chi connectivity index (χ2v) is 7.31. The van der Waals surface area contributed by atoms with Gasteiger partial charge in [0.1, 0.15) is 12.4 Å². The molecule has 1 aliphatic rings. The molecule has 2 aromatic carbocycles. The monoisotopic (exact) mass is 433 g/mol. The Balaban J connectivity index is 1.53. The molecule has 3 amide bonds. The number of benzene rings is 2. The third kappa shape index (κ3) is 3.76. The molecule has 0 bridgehead atoms. The lowest BCUT2D eigenvalue weighted by Crippen LogP contribution is -2.29. The summed E-state index contributed by atoms with van der Waals surface area (Å²) in [6, 6.07) is 10.6. The molecule has 0 unspecified atom stereocenters. The van der Waals surface area contributed by atoms with E-state index in [1.165, 1.54) is 25.1 Å². The van der Waals surface area contributed by atoms with Gasteiger partial charge in [0.25, 0.3) is 11.8 Å². The molecule has 1 aliphatic heterocycles. The number of nitrogens with one attached hydrogen (secondary N) is 1. The maximum absolute atomic E-state index is 12.9. The van der Waals surface area contributed by atoms with Gasteiger partial charge in [-0.2, -0.15) is 0 Å². The lowest BCUT2D eigenvalue weighted by atomic mass is 10.1. The maximum Gasteiger partial charge on any atom is 0.338 e. The van der Waals surface area contributed by atoms with Crippen LogP contribution in [0.3, 0.4) is 0 Å². The Morgan fingerprint density at radius 2 is 1.72 bits per heavy atom. The molecule has 0 atom stereocenters. The molecule has 9 heteroatoms. The predicted molar refractivity (Wildman–Crippen MR) is 113 cm³/mol. The van der Waals surface area contributed by atoms with E-state index in [4.69, 9.17) is 9.26 Å². The number of esters is 1. The number of aryl methyl sites for hydroxylation is 2. The summed E-state index contributed by atoms with van der Waals surface area (Å²) in [6.45, 7) is 4.84. The SMILES string of the molecule is CC(=O)Nc1ccc(N2C(=O)c3ccc(C(=O)OCc4c(C)noc4C)cc3C2=O)cc1. The summed E-state index contributed by atoms with van der Waals surface area (Å²) in [6.07, 6.45) is 0. The first kappa shape index (κ1) is 21.0. The number of anilines is 2. The second kappa shape index (κ2) is 8.10. The first-order valence-corrected chi connectivity index (χ1v) is 9.75. The average molecular weight is 433 g/mol. The standard InChI is InChI=1S/C23H19N3O6/c1-12-20(13(2)32-25-12)11-31-23(30)15-4-9-18-19(10-15)22(29)26(21(18)28)17-7-5-16(6-8-17)24-14(3)27/h4-10H,11H2,1-3H3,(H,24,27). The average Bonchev–Trinajstić information content (AvgIpc) is 3.21. The van der Waals surface area contributed by atoms with E-state index in [2.05, 4.69) is 10.5 Å². The Morgan fingerprint density at radius 1 is 1.03 bits per heavy atom. The number of fused-ring (bicyclic) bond motifs is 1. The van der Waals surface area contributed by atoms with Gasteiger partial charge in [0, 0.05) is 12.6 Å². The highest BCUT2D eigenvalue weighted by Gasteiger charge is 2.37. The van der Waals surface area contributed by atoms with Crippen molar-refractivity contribution in [1.29, 1.82) is 0 Å². The molecule has 2 heterocycles. The van der Waals surface area contributed by atoms with E-state index in [9.17, 15) is 19.2 Å². The van der Waals surface area contributed by atoms with Crippen LogP contribution in [0.1, 0.15) is 55.0 Å². The van der Waals surface area contributed by atoms with Crippen LogP contribution in [0, 0.1) is 13.8 Å². The Bertz CT molecular complexity index is 1240. The summed E-state index contributed by atoms with van der Waals surface area (Å²) >= 11 is 0. The van der Waals surface area contributed by atoms with Gasteiger partial charge in [0.15, 0.2) is 0 Å². The molecule has 1 N–H and O–H groups in total. The number of aromatic nitrogens is 1. The van der Waals surface area contributed by atoms with Crippen LogP contribution in [0.5, 0.6) is 0 Å². The van der Waals surface area contributed by atoms with Crippen molar-refractivity contribution in [2.45, 2.75) is 27.4 Å². The van der Waals surface area contributed by atoms with Crippen LogP contribution in [-0.2, 0) is 16.1 Å². The number of nitrogens with zero attached hydrogens (tertiary/aromatic N) is 2. The highest BCUT2D eigenvalue weighted by molar-refractivity contribution is 6.34. The van der Waals surface area contributed by atoms with Gasteiger partial charge in [-0.3, -0.25) is 14.4 Å². The summed E-state index contributed by atoms with van der Waals surface area (Å²) in [5.74, 6) is -1.34. The lowest BCUT2D eigenvalue weighted by molar-refractivity contribution is -0.114. The maximum atomic E-state index is 12.9. The van der Waals surface area contributed by atoms with E-state index in [1.807, 2.05) is 0 Å². The van der Waals surface area contributed by atoms with Crippen molar-refractivity contribution < 1.29 is 28.4 Å². The van der Waals surface area contributed by atoms with E-state index in [0.29, 0.717) is 28.4 Å². The van der Waals surface area contributed by atoms with Crippen LogP contribution in [0.15, 0.2) is 47.0 Å². The van der Waals surface area contributed by atoms with Crippen molar-refractivity contribution in [3.63, 3.8) is 0 Å². The van der Waals surface area contributed by atoms with Gasteiger partial charge in [0.05, 0.1) is 33.6 Å². The van der Waals surface area contributed by atoms with E-state index < -0.39 is 17.8 Å². The normalized spacial score (nSPS) is 12.7. The topological polar surface area (TPSA) is 119 Å². The molecule has 0 fully saturated rings. The quantitative estimate of drug-likeness (QED) is 0.484. The summed E-state index contributed by atoms with van der Waals surface area (Å²) in [4.78, 5) is 50.5. The number of imide groups is 1. The zero-order chi connectivity index (χ0) is 23.0. The number of amides is 3. The molecule has 1 aromatic heterocycles. The Labute approximate surface area is 182 Å². The van der Waals surface area contributed by atoms with Gasteiger partial charge >= 0.3 is 5.97 Å². The fraction of sp³-hybridized carbons (Fsp3) is 0.174. The molecule has 0 radical (unpaired) electrons. The molecule has 3 aromatic rings. The van der Waals surface area contributed by atoms with Crippen molar-refractivity contribution in [3.8, 4) is 0 Å². The molecule has 0 saturated carbocycles. The zero-order valence-electron chi connectivity index (χ0n) is 17.6. The van der Waals surface area contributed by atoms with Gasteiger partial charge < -0.3 is 14.6 Å². The summed E-state index contributed by atoms with van der Waals surface area (Å²) in [7, 11) is 0. The van der Waals surface area contributed by atoms with Gasteiger partial charge in [-0.15, -0.1) is 0 Å². The number of hydrogen-bond acceptors (Lipinski definition) is 7. The molecule has 0 spiro atoms. The van der Waals surface area contributed by atoms with Crippen molar-refractivity contribution >= 4 is 35.1 Å². The minimum Gasteiger partial charge on any atom is -0.457 e. The fourth-order valence-electron chi connectivity index (χ4n) is 3.43. The Kier molecular flexibility index (Phi) is 5.31. The lowest BCUT2D eigenvalue weighted by Gasteiger charge is -2.14. The highest BCUT2D eigenvalue weighted by Crippen LogP contribution is 2.30. The van der Waals surface area contributed by atoms with Crippen molar-refractivity contribution in [2.75, 3.05) is 10.2 Å². The fourth-order valence-corrected chi connectivity index (χ4v) is 3.43. The molecule has 162 valence electrons. The van der Waals surface area contributed by atoms with Gasteiger partial charge in [-0.25, -0.2) is 9.69 Å². The second-order valence-electron chi connectivity index (χ2n) is 7.31. The molecule has 4 rings (SSSR count). The predicted octanol–water partition coefficient (Wildman–Crippen LogP) is 3.41. The van der Waals surface area contributed by atoms with Gasteiger partial charge in [-0.1, -0.05) is 5.16 Å². The van der Waals surface area contributed by atoms with Crippen LogP contribution in [-0.4, -0.2) is 28.8 Å². The molecule has 9 nitrogen and oxygen atoms in total. The van der Waals surface area contributed by atoms with Crippen LogP contribution in [0.4, 0.5) is 11.4 Å². The van der Waals surface area contributed by atoms with Crippen LogP contribution in [0.2, 0.25) is 0 Å². The molecule has 0 aliphatic carbocycles. The van der Waals surface area contributed by atoms with Crippen molar-refractivity contribution in [1.82, 2.24) is 5.16 Å². The van der Waals surface area contributed by atoms with E-state index in [1.54, 1.807) is 38.1 Å². The van der Waals surface area contributed by atoms with Gasteiger partial charge in [0.2, 0.25) is 5.91 Å². The minimum absolute atomic E-state index is 0.0171. The van der Waals surface area contributed by atoms with Crippen LogP contribution in [0.25, 0.3) is 0 Å². The highest BCUT2D eigenvalue weighted by atomic mass is 16.5. The summed E-state index contributed by atoms with van der Waals surface area (Å²) < 4.78 is 10.4. The summed E-state index contributed by atoms with van der Waals surface area (Å²) in [5.41, 5.74) is 2.68. The third-order valence-electron chi connectivity index (χ3n) is 5.10. The smallest absolute Gasteiger partial charge is 0.338 e. The van der Waals surface area contributed by atoms with Gasteiger partial charge in [-0.05, 0) is 56.3 Å². The number of ether oxygens (including phenoxy) is 1. The van der Waals surface area contributed by atoms with Crippen molar-refractivity contribution in [3.05, 3.63) is 76.2 Å². The molecular formula is C23H19N3O6. The largest absolute Gasteiger partial charge is 0.457 e.